The molecule has 0 saturated heterocycles. The average Bonchev–Trinajstić information content (AvgIpc) is 2.41. The highest BCUT2D eigenvalue weighted by Gasteiger charge is 2.26. The normalized spacial score (nSPS) is 23.1. The van der Waals surface area contributed by atoms with Crippen LogP contribution in [0.5, 0.6) is 0 Å². The first kappa shape index (κ1) is 14.6. The lowest BCUT2D eigenvalue weighted by Gasteiger charge is -2.27. The molecule has 6 heteroatoms. The summed E-state index contributed by atoms with van der Waals surface area (Å²) in [6.45, 7) is 0. The fraction of sp³-hybridized carbons (Fsp3) is 0.538. The minimum Gasteiger partial charge on any atom is -0.458 e. The van der Waals surface area contributed by atoms with Gasteiger partial charge in [0.2, 0.25) is 0 Å². The molecule has 1 saturated carbocycles. The van der Waals surface area contributed by atoms with Gasteiger partial charge in [-0.1, -0.05) is 23.2 Å². The number of methoxy groups -OCH3 is 1. The van der Waals surface area contributed by atoms with E-state index in [1.807, 2.05) is 0 Å². The van der Waals surface area contributed by atoms with Crippen LogP contribution in [0.4, 0.5) is 0 Å². The average molecular weight is 304 g/mol. The topological polar surface area (TPSA) is 48.4 Å². The van der Waals surface area contributed by atoms with Crippen molar-refractivity contribution < 1.29 is 14.3 Å². The van der Waals surface area contributed by atoms with E-state index < -0.39 is 5.97 Å². The molecule has 0 bridgehead atoms. The third kappa shape index (κ3) is 3.81. The van der Waals surface area contributed by atoms with Gasteiger partial charge in [-0.25, -0.2) is 9.78 Å². The van der Waals surface area contributed by atoms with Crippen LogP contribution < -0.4 is 0 Å². The smallest absolute Gasteiger partial charge is 0.358 e. The standard InChI is InChI=1S/C13H15Cl2NO3/c1-18-8-3-2-4-9(7-8)19-13(17)12-10(14)5-6-11(15)16-12/h5-6,8-9H,2-4,7H2,1H3. The molecule has 1 aliphatic carbocycles. The van der Waals surface area contributed by atoms with E-state index in [2.05, 4.69) is 4.98 Å². The van der Waals surface area contributed by atoms with E-state index in [0.29, 0.717) is 6.42 Å². The minimum absolute atomic E-state index is 0.0636. The molecule has 2 unspecified atom stereocenters. The predicted molar refractivity (Wildman–Crippen MR) is 72.7 cm³/mol. The Balaban J connectivity index is 2.02. The third-order valence-electron chi connectivity index (χ3n) is 3.19. The van der Waals surface area contributed by atoms with Crippen molar-refractivity contribution in [1.29, 1.82) is 0 Å². The lowest BCUT2D eigenvalue weighted by Crippen LogP contribution is -2.29. The van der Waals surface area contributed by atoms with Gasteiger partial charge in [0.25, 0.3) is 0 Å². The lowest BCUT2D eigenvalue weighted by molar-refractivity contribution is -0.0153. The predicted octanol–water partition coefficient (Wildman–Crippen LogP) is 3.50. The fourth-order valence-corrected chi connectivity index (χ4v) is 2.52. The molecule has 0 aromatic carbocycles. The second-order valence-electron chi connectivity index (χ2n) is 4.52. The first-order valence-corrected chi connectivity index (χ1v) is 6.91. The molecule has 1 heterocycles. The number of nitrogens with zero attached hydrogens (tertiary/aromatic N) is 1. The molecule has 2 rings (SSSR count). The minimum atomic E-state index is -0.533. The Bertz CT molecular complexity index is 467. The van der Waals surface area contributed by atoms with Crippen LogP contribution in [0.25, 0.3) is 0 Å². The van der Waals surface area contributed by atoms with Gasteiger partial charge in [-0.15, -0.1) is 0 Å². The Hall–Kier alpha value is -0.840. The highest BCUT2D eigenvalue weighted by Crippen LogP contribution is 2.25. The summed E-state index contributed by atoms with van der Waals surface area (Å²) in [4.78, 5) is 15.9. The van der Waals surface area contributed by atoms with E-state index >= 15 is 0 Å². The molecular weight excluding hydrogens is 289 g/mol. The van der Waals surface area contributed by atoms with Crippen molar-refractivity contribution >= 4 is 29.2 Å². The first-order chi connectivity index (χ1) is 9.10. The summed E-state index contributed by atoms with van der Waals surface area (Å²) in [5, 5.41) is 0.461. The summed E-state index contributed by atoms with van der Waals surface area (Å²) in [5.74, 6) is -0.533. The summed E-state index contributed by atoms with van der Waals surface area (Å²) >= 11 is 11.7. The van der Waals surface area contributed by atoms with Gasteiger partial charge in [0.05, 0.1) is 11.1 Å². The van der Waals surface area contributed by atoms with Crippen LogP contribution in [-0.2, 0) is 9.47 Å². The number of esters is 1. The molecule has 0 radical (unpaired) electrons. The highest BCUT2D eigenvalue weighted by atomic mass is 35.5. The van der Waals surface area contributed by atoms with Crippen molar-refractivity contribution in [3.05, 3.63) is 28.0 Å². The maximum atomic E-state index is 12.0. The van der Waals surface area contributed by atoms with Crippen LogP contribution in [0.15, 0.2) is 12.1 Å². The Morgan fingerprint density at radius 2 is 2.05 bits per heavy atom. The maximum Gasteiger partial charge on any atom is 0.358 e. The molecule has 2 atom stereocenters. The summed E-state index contributed by atoms with van der Waals surface area (Å²) < 4.78 is 10.7. The molecule has 19 heavy (non-hydrogen) atoms. The van der Waals surface area contributed by atoms with Crippen LogP contribution in [0.1, 0.15) is 36.2 Å². The second-order valence-corrected chi connectivity index (χ2v) is 5.31. The molecule has 1 aromatic rings. The highest BCUT2D eigenvalue weighted by molar-refractivity contribution is 6.34. The Kier molecular flexibility index (Phi) is 5.02. The number of hydrogen-bond donors (Lipinski definition) is 0. The van der Waals surface area contributed by atoms with Crippen molar-refractivity contribution in [2.75, 3.05) is 7.11 Å². The van der Waals surface area contributed by atoms with Crippen LogP contribution >= 0.6 is 23.2 Å². The number of halogens is 2. The van der Waals surface area contributed by atoms with E-state index in [9.17, 15) is 4.79 Å². The Morgan fingerprint density at radius 3 is 2.79 bits per heavy atom. The molecule has 4 nitrogen and oxygen atoms in total. The number of pyridine rings is 1. The van der Waals surface area contributed by atoms with Crippen molar-refractivity contribution in [2.24, 2.45) is 0 Å². The third-order valence-corrected chi connectivity index (χ3v) is 3.71. The molecule has 104 valence electrons. The quantitative estimate of drug-likeness (QED) is 0.633. The zero-order valence-electron chi connectivity index (χ0n) is 10.6. The fourth-order valence-electron chi connectivity index (χ4n) is 2.19. The van der Waals surface area contributed by atoms with Gasteiger partial charge in [-0.05, 0) is 31.4 Å². The Labute approximate surface area is 122 Å². The van der Waals surface area contributed by atoms with Gasteiger partial charge >= 0.3 is 5.97 Å². The van der Waals surface area contributed by atoms with E-state index in [-0.39, 0.29) is 28.1 Å². The SMILES string of the molecule is COC1CCCC(OC(=O)c2nc(Cl)ccc2Cl)C1. The molecule has 1 aliphatic rings. The van der Waals surface area contributed by atoms with Crippen LogP contribution in [0.3, 0.4) is 0 Å². The van der Waals surface area contributed by atoms with Crippen molar-refractivity contribution in [3.63, 3.8) is 0 Å². The number of aromatic nitrogens is 1. The van der Waals surface area contributed by atoms with Gasteiger partial charge in [0.1, 0.15) is 11.3 Å². The van der Waals surface area contributed by atoms with Gasteiger partial charge < -0.3 is 9.47 Å². The zero-order valence-corrected chi connectivity index (χ0v) is 12.1. The maximum absolute atomic E-state index is 12.0. The number of carbonyl (C=O) groups is 1. The molecule has 1 fully saturated rings. The lowest BCUT2D eigenvalue weighted by atomic mass is 9.95. The molecule has 0 spiro atoms. The second kappa shape index (κ2) is 6.55. The molecular formula is C13H15Cl2NO3. The van der Waals surface area contributed by atoms with Crippen molar-refractivity contribution in [3.8, 4) is 0 Å². The van der Waals surface area contributed by atoms with Crippen LogP contribution in [0.2, 0.25) is 10.2 Å². The first-order valence-electron chi connectivity index (χ1n) is 6.16. The van der Waals surface area contributed by atoms with Crippen molar-refractivity contribution in [2.45, 2.75) is 37.9 Å². The zero-order chi connectivity index (χ0) is 13.8. The summed E-state index contributed by atoms with van der Waals surface area (Å²) in [7, 11) is 1.67. The van der Waals surface area contributed by atoms with E-state index in [0.717, 1.165) is 19.3 Å². The number of rotatable bonds is 3. The summed E-state index contributed by atoms with van der Waals surface area (Å²) in [5.41, 5.74) is 0.0636. The molecule has 0 amide bonds. The van der Waals surface area contributed by atoms with E-state index in [4.69, 9.17) is 32.7 Å². The van der Waals surface area contributed by atoms with E-state index in [1.165, 1.54) is 12.1 Å². The van der Waals surface area contributed by atoms with Gasteiger partial charge in [0, 0.05) is 13.5 Å². The summed E-state index contributed by atoms with van der Waals surface area (Å²) in [6, 6.07) is 3.06. The summed E-state index contributed by atoms with van der Waals surface area (Å²) in [6.07, 6.45) is 3.52. The largest absolute Gasteiger partial charge is 0.458 e. The van der Waals surface area contributed by atoms with Crippen LogP contribution in [0, 0.1) is 0 Å². The van der Waals surface area contributed by atoms with Gasteiger partial charge in [0.15, 0.2) is 5.69 Å². The number of hydrogen-bond acceptors (Lipinski definition) is 4. The monoisotopic (exact) mass is 303 g/mol. The Morgan fingerprint density at radius 1 is 1.32 bits per heavy atom. The van der Waals surface area contributed by atoms with Gasteiger partial charge in [-0.3, -0.25) is 0 Å². The van der Waals surface area contributed by atoms with E-state index in [1.54, 1.807) is 7.11 Å². The molecule has 0 aliphatic heterocycles. The number of carbonyl (C=O) groups excluding carboxylic acids is 1. The molecule has 1 aromatic heterocycles. The number of ether oxygens (including phenoxy) is 2. The van der Waals surface area contributed by atoms with Gasteiger partial charge in [-0.2, -0.15) is 0 Å². The van der Waals surface area contributed by atoms with Crippen LogP contribution in [-0.4, -0.2) is 30.3 Å². The van der Waals surface area contributed by atoms with Crippen molar-refractivity contribution in [1.82, 2.24) is 4.98 Å². The molecule has 0 N–H and O–H groups in total.